The summed E-state index contributed by atoms with van der Waals surface area (Å²) >= 11 is 3.28. The summed E-state index contributed by atoms with van der Waals surface area (Å²) in [6.07, 6.45) is -0.710. The smallest absolute Gasteiger partial charge is 0.408 e. The molecule has 3 aromatic carbocycles. The molecule has 0 aliphatic carbocycles. The molecule has 0 spiro atoms. The van der Waals surface area contributed by atoms with E-state index in [-0.39, 0.29) is 18.7 Å². The summed E-state index contributed by atoms with van der Waals surface area (Å²) in [4.78, 5) is 36.3. The lowest BCUT2D eigenvalue weighted by molar-refractivity contribution is -0.385. The Kier molecular flexibility index (Phi) is 9.46. The number of alkyl carbamates (subject to hydrolysis) is 1. The van der Waals surface area contributed by atoms with Gasteiger partial charge in [-0.15, -0.1) is 0 Å². The average molecular weight is 585 g/mol. The number of nitro benzene ring substituents is 1. The van der Waals surface area contributed by atoms with E-state index in [1.54, 1.807) is 57.2 Å². The van der Waals surface area contributed by atoms with Crippen LogP contribution in [-0.4, -0.2) is 35.7 Å². The summed E-state index contributed by atoms with van der Waals surface area (Å²) in [6.45, 7) is 5.39. The van der Waals surface area contributed by atoms with Gasteiger partial charge in [0.15, 0.2) is 0 Å². The number of para-hydroxylation sites is 1. The average Bonchev–Trinajstić information content (AvgIpc) is 2.86. The van der Waals surface area contributed by atoms with Crippen molar-refractivity contribution in [1.82, 2.24) is 5.32 Å². The van der Waals surface area contributed by atoms with Crippen molar-refractivity contribution in [3.63, 3.8) is 0 Å². The van der Waals surface area contributed by atoms with E-state index in [1.165, 1.54) is 7.11 Å². The van der Waals surface area contributed by atoms with Gasteiger partial charge in [0.2, 0.25) is 0 Å². The van der Waals surface area contributed by atoms with Gasteiger partial charge in [-0.3, -0.25) is 10.1 Å². The lowest BCUT2D eigenvalue weighted by Gasteiger charge is -2.23. The Labute approximate surface area is 229 Å². The summed E-state index contributed by atoms with van der Waals surface area (Å²) in [5, 5.41) is 14.5. The highest BCUT2D eigenvalue weighted by molar-refractivity contribution is 9.10. The lowest BCUT2D eigenvalue weighted by Crippen LogP contribution is -2.45. The molecule has 1 N–H and O–H groups in total. The second-order valence-corrected chi connectivity index (χ2v) is 10.3. The number of esters is 1. The molecule has 0 heterocycles. The van der Waals surface area contributed by atoms with Crippen LogP contribution >= 0.6 is 15.9 Å². The van der Waals surface area contributed by atoms with Gasteiger partial charge in [-0.05, 0) is 72.1 Å². The summed E-state index contributed by atoms with van der Waals surface area (Å²) < 4.78 is 16.6. The standard InChI is InChI=1S/C28H29BrN2O7/c1-28(2,3)38-27(33)30-23(26(32)36-4)16-19-13-14-24(37-17-18-9-6-5-7-10-18)21(15-19)20-11-8-12-22(29)25(20)31(34)35/h5-15,23H,16-17H2,1-4H3,(H,30,33)/t23-/m0/s1. The van der Waals surface area contributed by atoms with Gasteiger partial charge in [-0.2, -0.15) is 0 Å². The number of ether oxygens (including phenoxy) is 3. The molecule has 3 aromatic rings. The molecule has 3 rings (SSSR count). The number of nitrogens with zero attached hydrogens (tertiary/aromatic N) is 1. The number of methoxy groups -OCH3 is 1. The zero-order valence-corrected chi connectivity index (χ0v) is 23.1. The Hall–Kier alpha value is -3.92. The highest BCUT2D eigenvalue weighted by atomic mass is 79.9. The third-order valence-corrected chi connectivity index (χ3v) is 6.00. The predicted molar refractivity (Wildman–Crippen MR) is 146 cm³/mol. The van der Waals surface area contributed by atoms with Crippen molar-refractivity contribution in [3.05, 3.63) is 92.4 Å². The maximum absolute atomic E-state index is 12.5. The predicted octanol–water partition coefficient (Wildman–Crippen LogP) is 6.21. The van der Waals surface area contributed by atoms with E-state index < -0.39 is 28.6 Å². The van der Waals surface area contributed by atoms with E-state index in [4.69, 9.17) is 14.2 Å². The largest absolute Gasteiger partial charge is 0.488 e. The fraction of sp³-hybridized carbons (Fsp3) is 0.286. The molecule has 0 bridgehead atoms. The summed E-state index contributed by atoms with van der Waals surface area (Å²) in [5.41, 5.74) is 1.48. The van der Waals surface area contributed by atoms with Crippen LogP contribution in [-0.2, 0) is 27.3 Å². The quantitative estimate of drug-likeness (QED) is 0.180. The minimum absolute atomic E-state index is 0.0552. The minimum Gasteiger partial charge on any atom is -0.488 e. The van der Waals surface area contributed by atoms with Crippen molar-refractivity contribution in [2.75, 3.05) is 7.11 Å². The molecule has 10 heteroatoms. The Balaban J connectivity index is 2.01. The van der Waals surface area contributed by atoms with Crippen molar-refractivity contribution in [2.24, 2.45) is 0 Å². The van der Waals surface area contributed by atoms with Crippen LogP contribution in [0.3, 0.4) is 0 Å². The molecular weight excluding hydrogens is 556 g/mol. The first-order valence-electron chi connectivity index (χ1n) is 11.8. The van der Waals surface area contributed by atoms with Crippen molar-refractivity contribution < 1.29 is 28.7 Å². The first-order valence-corrected chi connectivity index (χ1v) is 12.6. The molecule has 0 aromatic heterocycles. The Morgan fingerprint density at radius 2 is 1.71 bits per heavy atom. The third kappa shape index (κ3) is 7.79. The number of hydrogen-bond acceptors (Lipinski definition) is 7. The molecule has 0 fully saturated rings. The number of benzene rings is 3. The van der Waals surface area contributed by atoms with E-state index in [1.807, 2.05) is 30.3 Å². The molecule has 0 saturated heterocycles. The molecule has 0 unspecified atom stereocenters. The Bertz CT molecular complexity index is 1310. The molecule has 1 amide bonds. The topological polar surface area (TPSA) is 117 Å². The van der Waals surface area contributed by atoms with Gasteiger partial charge in [0.05, 0.1) is 22.1 Å². The second kappa shape index (κ2) is 12.6. The van der Waals surface area contributed by atoms with Gasteiger partial charge in [-0.25, -0.2) is 9.59 Å². The van der Waals surface area contributed by atoms with Crippen LogP contribution in [0.1, 0.15) is 31.9 Å². The SMILES string of the molecule is COC(=O)[C@H](Cc1ccc(OCc2ccccc2)c(-c2cccc(Br)c2[N+](=O)[O-])c1)NC(=O)OC(C)(C)C. The van der Waals surface area contributed by atoms with Crippen molar-refractivity contribution in [2.45, 2.75) is 45.4 Å². The fourth-order valence-corrected chi connectivity index (χ4v) is 4.23. The van der Waals surface area contributed by atoms with E-state index in [0.717, 1.165) is 5.56 Å². The number of amides is 1. The van der Waals surface area contributed by atoms with Crippen LogP contribution in [0.2, 0.25) is 0 Å². The molecule has 0 aliphatic heterocycles. The number of hydrogen-bond donors (Lipinski definition) is 1. The van der Waals surface area contributed by atoms with Crippen molar-refractivity contribution in [1.29, 1.82) is 0 Å². The van der Waals surface area contributed by atoms with E-state index >= 15 is 0 Å². The monoisotopic (exact) mass is 584 g/mol. The highest BCUT2D eigenvalue weighted by Crippen LogP contribution is 2.41. The number of rotatable bonds is 9. The maximum Gasteiger partial charge on any atom is 0.408 e. The van der Waals surface area contributed by atoms with Gasteiger partial charge in [-0.1, -0.05) is 42.5 Å². The second-order valence-electron chi connectivity index (χ2n) is 9.42. The summed E-state index contributed by atoms with van der Waals surface area (Å²) in [6, 6.07) is 18.5. The van der Waals surface area contributed by atoms with E-state index in [0.29, 0.717) is 26.9 Å². The molecule has 9 nitrogen and oxygen atoms in total. The first kappa shape index (κ1) is 28.6. The number of halogens is 1. The van der Waals surface area contributed by atoms with E-state index in [9.17, 15) is 19.7 Å². The molecule has 200 valence electrons. The normalized spacial score (nSPS) is 11.8. The molecule has 0 radical (unpaired) electrons. The number of carbonyl (C=O) groups excluding carboxylic acids is 2. The molecule has 38 heavy (non-hydrogen) atoms. The van der Waals surface area contributed by atoms with Crippen LogP contribution in [0.4, 0.5) is 10.5 Å². The van der Waals surface area contributed by atoms with Crippen molar-refractivity contribution >= 4 is 33.7 Å². The number of carbonyl (C=O) groups is 2. The molecule has 0 aliphatic rings. The number of nitro groups is 1. The van der Waals surface area contributed by atoms with E-state index in [2.05, 4.69) is 21.2 Å². The van der Waals surface area contributed by atoms with Crippen LogP contribution in [0.5, 0.6) is 5.75 Å². The van der Waals surface area contributed by atoms with Gasteiger partial charge < -0.3 is 19.5 Å². The van der Waals surface area contributed by atoms with Gasteiger partial charge in [0.1, 0.15) is 24.0 Å². The van der Waals surface area contributed by atoms with Crippen molar-refractivity contribution in [3.8, 4) is 16.9 Å². The maximum atomic E-state index is 12.5. The minimum atomic E-state index is -1.05. The Morgan fingerprint density at radius 1 is 1.00 bits per heavy atom. The number of nitrogens with one attached hydrogen (secondary N) is 1. The fourth-order valence-electron chi connectivity index (χ4n) is 3.72. The first-order chi connectivity index (χ1) is 18.0. The molecular formula is C28H29BrN2O7. The van der Waals surface area contributed by atoms with Crippen LogP contribution in [0, 0.1) is 10.1 Å². The van der Waals surface area contributed by atoms with Crippen LogP contribution in [0.15, 0.2) is 71.2 Å². The Morgan fingerprint density at radius 3 is 2.34 bits per heavy atom. The molecule has 0 saturated carbocycles. The van der Waals surface area contributed by atoms with Gasteiger partial charge >= 0.3 is 12.1 Å². The highest BCUT2D eigenvalue weighted by Gasteiger charge is 2.27. The summed E-state index contributed by atoms with van der Waals surface area (Å²) in [5.74, 6) is -0.233. The zero-order chi connectivity index (χ0) is 27.9. The van der Waals surface area contributed by atoms with Gasteiger partial charge in [0.25, 0.3) is 5.69 Å². The third-order valence-electron chi connectivity index (χ3n) is 5.36. The molecule has 1 atom stereocenters. The van der Waals surface area contributed by atoms with Crippen LogP contribution in [0.25, 0.3) is 11.1 Å². The lowest BCUT2D eigenvalue weighted by atomic mass is 9.97. The van der Waals surface area contributed by atoms with Crippen LogP contribution < -0.4 is 10.1 Å². The van der Waals surface area contributed by atoms with Gasteiger partial charge in [0, 0.05) is 12.0 Å². The zero-order valence-electron chi connectivity index (χ0n) is 21.5. The summed E-state index contributed by atoms with van der Waals surface area (Å²) in [7, 11) is 1.23.